The molecule has 4 nitrogen and oxygen atoms in total. The Morgan fingerprint density at radius 1 is 1.55 bits per heavy atom. The van der Waals surface area contributed by atoms with Crippen LogP contribution < -0.4 is 11.1 Å². The molecule has 1 heterocycles. The van der Waals surface area contributed by atoms with Gasteiger partial charge in [-0.05, 0) is 39.2 Å². The van der Waals surface area contributed by atoms with Gasteiger partial charge in [-0.1, -0.05) is 6.42 Å². The van der Waals surface area contributed by atoms with Gasteiger partial charge in [0.2, 0.25) is 5.91 Å². The molecule has 1 saturated carbocycles. The van der Waals surface area contributed by atoms with E-state index >= 15 is 0 Å². The van der Waals surface area contributed by atoms with Gasteiger partial charge in [0.1, 0.15) is 0 Å². The topological polar surface area (TPSA) is 68.0 Å². The quantitative estimate of drug-likeness (QED) is 0.886. The van der Waals surface area contributed by atoms with Gasteiger partial charge in [-0.15, -0.1) is 36.2 Å². The lowest BCUT2D eigenvalue weighted by Gasteiger charge is -2.20. The number of thiazole rings is 1. The Morgan fingerprint density at radius 2 is 2.25 bits per heavy atom. The fourth-order valence-corrected chi connectivity index (χ4v) is 3.34. The third-order valence-corrected chi connectivity index (χ3v) is 4.53. The molecular formula is C13H23Cl2N3OS. The zero-order chi connectivity index (χ0) is 13.1. The van der Waals surface area contributed by atoms with E-state index in [0.29, 0.717) is 12.5 Å². The molecular weight excluding hydrogens is 317 g/mol. The Kier molecular flexibility index (Phi) is 8.66. The number of halogens is 2. The molecule has 0 aliphatic heterocycles. The maximum Gasteiger partial charge on any atom is 0.223 e. The summed E-state index contributed by atoms with van der Waals surface area (Å²) in [5, 5.41) is 6.11. The first-order valence-electron chi connectivity index (χ1n) is 6.54. The maximum atomic E-state index is 12.2. The number of rotatable bonds is 4. The average molecular weight is 340 g/mol. The van der Waals surface area contributed by atoms with Crippen molar-refractivity contribution in [3.8, 4) is 0 Å². The lowest BCUT2D eigenvalue weighted by atomic mass is 9.95. The number of carbonyl (C=O) groups excluding carboxylic acids is 1. The first-order chi connectivity index (χ1) is 8.61. The van der Waals surface area contributed by atoms with E-state index in [9.17, 15) is 4.79 Å². The smallest absolute Gasteiger partial charge is 0.223 e. The van der Waals surface area contributed by atoms with Crippen molar-refractivity contribution in [1.82, 2.24) is 10.3 Å². The normalized spacial score (nSPS) is 22.6. The lowest BCUT2D eigenvalue weighted by Crippen LogP contribution is -2.36. The minimum atomic E-state index is -0.0125. The Labute approximate surface area is 136 Å². The second-order valence-electron chi connectivity index (χ2n) is 5.05. The standard InChI is InChI=1S/C13H21N3OS.2ClH/c1-8(12-7-18-9(2)16-12)15-13(17)11-5-3-4-10(11)6-14;;/h7-8,10-11H,3-6,14H2,1-2H3,(H,15,17);2*1H/t8?,10-,11-;;/m1../s1. The fraction of sp³-hybridized carbons (Fsp3) is 0.692. The van der Waals surface area contributed by atoms with Crippen LogP contribution in [0.2, 0.25) is 0 Å². The number of nitrogens with two attached hydrogens (primary N) is 1. The summed E-state index contributed by atoms with van der Waals surface area (Å²) >= 11 is 1.61. The Bertz CT molecular complexity index is 428. The maximum absolute atomic E-state index is 12.2. The molecule has 116 valence electrons. The molecule has 1 aromatic heterocycles. The number of aromatic nitrogens is 1. The van der Waals surface area contributed by atoms with Crippen LogP contribution in [0.4, 0.5) is 0 Å². The van der Waals surface area contributed by atoms with Gasteiger partial charge in [-0.3, -0.25) is 4.79 Å². The van der Waals surface area contributed by atoms with E-state index in [4.69, 9.17) is 5.73 Å². The second-order valence-corrected chi connectivity index (χ2v) is 6.12. The van der Waals surface area contributed by atoms with Crippen molar-refractivity contribution < 1.29 is 4.79 Å². The van der Waals surface area contributed by atoms with E-state index < -0.39 is 0 Å². The summed E-state index contributed by atoms with van der Waals surface area (Å²) in [7, 11) is 0. The van der Waals surface area contributed by atoms with Crippen molar-refractivity contribution in [2.24, 2.45) is 17.6 Å². The van der Waals surface area contributed by atoms with Crippen LogP contribution in [0.1, 0.15) is 42.9 Å². The molecule has 2 rings (SSSR count). The number of nitrogens with one attached hydrogen (secondary N) is 1. The van der Waals surface area contributed by atoms with Gasteiger partial charge in [0.15, 0.2) is 0 Å². The van der Waals surface area contributed by atoms with Crippen molar-refractivity contribution in [2.75, 3.05) is 6.54 Å². The van der Waals surface area contributed by atoms with Gasteiger partial charge >= 0.3 is 0 Å². The molecule has 0 radical (unpaired) electrons. The third-order valence-electron chi connectivity index (χ3n) is 3.74. The zero-order valence-corrected chi connectivity index (χ0v) is 14.2. The van der Waals surface area contributed by atoms with E-state index in [0.717, 1.165) is 30.0 Å². The Hall–Kier alpha value is -0.360. The molecule has 1 unspecified atom stereocenters. The monoisotopic (exact) mass is 339 g/mol. The second kappa shape index (κ2) is 8.82. The number of aryl methyl sites for hydroxylation is 1. The summed E-state index contributed by atoms with van der Waals surface area (Å²) in [5.74, 6) is 0.590. The molecule has 0 saturated heterocycles. The summed E-state index contributed by atoms with van der Waals surface area (Å²) in [4.78, 5) is 16.6. The molecule has 0 bridgehead atoms. The molecule has 1 aromatic rings. The van der Waals surface area contributed by atoms with Crippen LogP contribution in [0.15, 0.2) is 5.38 Å². The van der Waals surface area contributed by atoms with Gasteiger partial charge in [-0.2, -0.15) is 0 Å². The predicted octanol–water partition coefficient (Wildman–Crippen LogP) is 2.85. The Morgan fingerprint density at radius 3 is 2.80 bits per heavy atom. The molecule has 1 aliphatic carbocycles. The highest BCUT2D eigenvalue weighted by Gasteiger charge is 2.32. The van der Waals surface area contributed by atoms with E-state index in [1.54, 1.807) is 11.3 Å². The highest BCUT2D eigenvalue weighted by atomic mass is 35.5. The number of carbonyl (C=O) groups is 1. The van der Waals surface area contributed by atoms with E-state index in [1.165, 1.54) is 0 Å². The van der Waals surface area contributed by atoms with Crippen LogP contribution in [-0.2, 0) is 4.79 Å². The number of hydrogen-bond donors (Lipinski definition) is 2. The van der Waals surface area contributed by atoms with Crippen molar-refractivity contribution >= 4 is 42.1 Å². The highest BCUT2D eigenvalue weighted by Crippen LogP contribution is 2.31. The van der Waals surface area contributed by atoms with E-state index in [2.05, 4.69) is 10.3 Å². The van der Waals surface area contributed by atoms with Crippen LogP contribution in [0, 0.1) is 18.8 Å². The predicted molar refractivity (Wildman–Crippen MR) is 87.8 cm³/mol. The van der Waals surface area contributed by atoms with E-state index in [-0.39, 0.29) is 42.7 Å². The third kappa shape index (κ3) is 4.58. The molecule has 3 N–H and O–H groups in total. The fourth-order valence-electron chi connectivity index (χ4n) is 2.64. The molecule has 1 fully saturated rings. The van der Waals surface area contributed by atoms with Crippen molar-refractivity contribution in [3.05, 3.63) is 16.1 Å². The molecule has 7 heteroatoms. The number of hydrogen-bond acceptors (Lipinski definition) is 4. The van der Waals surface area contributed by atoms with Gasteiger partial charge in [0.05, 0.1) is 16.7 Å². The average Bonchev–Trinajstić information content (AvgIpc) is 2.96. The number of amides is 1. The summed E-state index contributed by atoms with van der Waals surface area (Å²) in [6.07, 6.45) is 3.17. The molecule has 1 amide bonds. The minimum absolute atomic E-state index is 0. The molecule has 1 aliphatic rings. The van der Waals surface area contributed by atoms with Crippen LogP contribution in [0.3, 0.4) is 0 Å². The van der Waals surface area contributed by atoms with Gasteiger partial charge < -0.3 is 11.1 Å². The summed E-state index contributed by atoms with van der Waals surface area (Å²) in [6.45, 7) is 4.57. The van der Waals surface area contributed by atoms with Crippen molar-refractivity contribution in [1.29, 1.82) is 0 Å². The van der Waals surface area contributed by atoms with Crippen LogP contribution >= 0.6 is 36.2 Å². The van der Waals surface area contributed by atoms with Gasteiger partial charge in [0, 0.05) is 11.3 Å². The van der Waals surface area contributed by atoms with E-state index in [1.807, 2.05) is 19.2 Å². The van der Waals surface area contributed by atoms with Crippen LogP contribution in [-0.4, -0.2) is 17.4 Å². The minimum Gasteiger partial charge on any atom is -0.348 e. The highest BCUT2D eigenvalue weighted by molar-refractivity contribution is 7.09. The van der Waals surface area contributed by atoms with Gasteiger partial charge in [0.25, 0.3) is 0 Å². The summed E-state index contributed by atoms with van der Waals surface area (Å²) in [6, 6.07) is -0.0125. The van der Waals surface area contributed by atoms with Gasteiger partial charge in [-0.25, -0.2) is 4.98 Å². The number of nitrogens with zero attached hydrogens (tertiary/aromatic N) is 1. The largest absolute Gasteiger partial charge is 0.348 e. The molecule has 3 atom stereocenters. The van der Waals surface area contributed by atoms with Crippen LogP contribution in [0.25, 0.3) is 0 Å². The Balaban J connectivity index is 0.00000180. The molecule has 20 heavy (non-hydrogen) atoms. The first kappa shape index (κ1) is 19.6. The molecule has 0 spiro atoms. The van der Waals surface area contributed by atoms with Crippen molar-refractivity contribution in [2.45, 2.75) is 39.2 Å². The lowest BCUT2D eigenvalue weighted by molar-refractivity contribution is -0.126. The zero-order valence-electron chi connectivity index (χ0n) is 11.8. The first-order valence-corrected chi connectivity index (χ1v) is 7.42. The molecule has 0 aromatic carbocycles. The SMILES string of the molecule is Cc1nc(C(C)NC(=O)[C@@H]2CCC[C@@H]2CN)cs1.Cl.Cl. The summed E-state index contributed by atoms with van der Waals surface area (Å²) < 4.78 is 0. The summed E-state index contributed by atoms with van der Waals surface area (Å²) in [5.41, 5.74) is 6.67. The van der Waals surface area contributed by atoms with Crippen molar-refractivity contribution in [3.63, 3.8) is 0 Å². The van der Waals surface area contributed by atoms with Crippen LogP contribution in [0.5, 0.6) is 0 Å².